The summed E-state index contributed by atoms with van der Waals surface area (Å²) in [7, 11) is 0. The van der Waals surface area contributed by atoms with Crippen molar-refractivity contribution in [2.45, 2.75) is 52.3 Å². The lowest BCUT2D eigenvalue weighted by atomic mass is 10.1. The Kier molecular flexibility index (Phi) is 5.58. The summed E-state index contributed by atoms with van der Waals surface area (Å²) in [5.74, 6) is 0.933. The van der Waals surface area contributed by atoms with E-state index in [1.165, 1.54) is 0 Å². The van der Waals surface area contributed by atoms with Crippen molar-refractivity contribution in [1.82, 2.24) is 19.8 Å². The van der Waals surface area contributed by atoms with E-state index in [0.29, 0.717) is 11.8 Å². The summed E-state index contributed by atoms with van der Waals surface area (Å²) >= 11 is 0. The van der Waals surface area contributed by atoms with E-state index in [1.807, 2.05) is 24.8 Å². The second kappa shape index (κ2) is 8.14. The van der Waals surface area contributed by atoms with Gasteiger partial charge in [-0.05, 0) is 52.3 Å². The minimum atomic E-state index is 0.0515. The maximum absolute atomic E-state index is 12.7. The summed E-state index contributed by atoms with van der Waals surface area (Å²) in [6, 6.07) is 6.62. The van der Waals surface area contributed by atoms with Crippen LogP contribution in [0.1, 0.15) is 34.1 Å². The molecule has 2 aliphatic rings. The second-order valence-electron chi connectivity index (χ2n) is 8.50. The maximum atomic E-state index is 12.7. The van der Waals surface area contributed by atoms with Crippen molar-refractivity contribution in [2.24, 2.45) is 0 Å². The topological polar surface area (TPSA) is 61.8 Å². The molecular weight excluding hydrogens is 366 g/mol. The highest BCUT2D eigenvalue weighted by molar-refractivity contribution is 5.87. The minimum Gasteiger partial charge on any atom is -0.474 e. The van der Waals surface area contributed by atoms with Gasteiger partial charge in [0.05, 0.1) is 23.0 Å². The molecule has 0 saturated carbocycles. The summed E-state index contributed by atoms with van der Waals surface area (Å²) in [6.07, 6.45) is 2.56. The number of aromatic nitrogens is 2. The summed E-state index contributed by atoms with van der Waals surface area (Å²) in [5, 5.41) is 0.944. The molecule has 0 spiro atoms. The molecule has 2 fully saturated rings. The van der Waals surface area contributed by atoms with Crippen LogP contribution >= 0.6 is 0 Å². The zero-order chi connectivity index (χ0) is 20.5. The number of fused-ring (bicyclic) bond motifs is 1. The zero-order valence-electron chi connectivity index (χ0n) is 17.8. The highest BCUT2D eigenvalue weighted by Crippen LogP contribution is 2.29. The Morgan fingerprint density at radius 1 is 1.03 bits per heavy atom. The van der Waals surface area contributed by atoms with E-state index in [2.05, 4.69) is 45.7 Å². The summed E-state index contributed by atoms with van der Waals surface area (Å²) in [6.45, 7) is 12.7. The maximum Gasteiger partial charge on any atom is 0.240 e. The first-order valence-corrected chi connectivity index (χ1v) is 10.6. The number of carbonyl (C=O) groups excluding carboxylic acids is 1. The van der Waals surface area contributed by atoms with Crippen LogP contribution in [-0.2, 0) is 4.79 Å². The monoisotopic (exact) mass is 397 g/mol. The Balaban J connectivity index is 1.46. The molecule has 156 valence electrons. The highest BCUT2D eigenvalue weighted by atomic mass is 16.5. The molecule has 29 heavy (non-hydrogen) atoms. The van der Waals surface area contributed by atoms with Crippen LogP contribution in [0, 0.1) is 0 Å². The Morgan fingerprint density at radius 2 is 1.79 bits per heavy atom. The Morgan fingerprint density at radius 3 is 2.45 bits per heavy atom. The van der Waals surface area contributed by atoms with Crippen LogP contribution < -0.4 is 9.64 Å². The molecule has 2 saturated heterocycles. The molecular formula is C22H31N5O2. The normalized spacial score (nSPS) is 21.0. The molecule has 7 nitrogen and oxygen atoms in total. The van der Waals surface area contributed by atoms with Gasteiger partial charge in [0.2, 0.25) is 11.8 Å². The van der Waals surface area contributed by atoms with Crippen molar-refractivity contribution in [3.8, 4) is 5.88 Å². The number of anilines is 1. The summed E-state index contributed by atoms with van der Waals surface area (Å²) < 4.78 is 5.88. The summed E-state index contributed by atoms with van der Waals surface area (Å²) in [5.41, 5.74) is 2.05. The molecule has 0 bridgehead atoms. The fraction of sp³-hybridized carbons (Fsp3) is 0.591. The average Bonchev–Trinajstić information content (AvgIpc) is 3.09. The lowest BCUT2D eigenvalue weighted by Crippen LogP contribution is -2.53. The van der Waals surface area contributed by atoms with Gasteiger partial charge in [-0.15, -0.1) is 0 Å². The second-order valence-corrected chi connectivity index (χ2v) is 8.50. The quantitative estimate of drug-likeness (QED) is 0.773. The fourth-order valence-electron chi connectivity index (χ4n) is 4.36. The van der Waals surface area contributed by atoms with Crippen molar-refractivity contribution >= 4 is 22.5 Å². The number of likely N-dealkylation sites (tertiary alicyclic amines) is 1. The van der Waals surface area contributed by atoms with E-state index in [1.54, 1.807) is 6.33 Å². The molecule has 4 rings (SSSR count). The van der Waals surface area contributed by atoms with Crippen molar-refractivity contribution in [2.75, 3.05) is 37.6 Å². The van der Waals surface area contributed by atoms with Crippen molar-refractivity contribution in [1.29, 1.82) is 0 Å². The minimum absolute atomic E-state index is 0.0515. The van der Waals surface area contributed by atoms with Gasteiger partial charge in [-0.3, -0.25) is 9.69 Å². The van der Waals surface area contributed by atoms with Crippen molar-refractivity contribution < 1.29 is 9.53 Å². The standard InChI is InChI=1S/C22H31N5O2/c1-15(2)27-8-7-20(22(27)28)26-11-9-25(10-12-26)17-5-6-19-18(13-17)21(24-14-23-19)29-16(3)4/h5-6,13-16,20H,7-12H2,1-4H3. The molecule has 0 aliphatic carbocycles. The smallest absolute Gasteiger partial charge is 0.240 e. The average molecular weight is 398 g/mol. The lowest BCUT2D eigenvalue weighted by molar-refractivity contribution is -0.133. The highest BCUT2D eigenvalue weighted by Gasteiger charge is 2.38. The van der Waals surface area contributed by atoms with Crippen LogP contribution in [0.3, 0.4) is 0 Å². The van der Waals surface area contributed by atoms with Crippen LogP contribution in [0.5, 0.6) is 5.88 Å². The number of benzene rings is 1. The molecule has 1 amide bonds. The number of ether oxygens (including phenoxy) is 1. The Bertz CT molecular complexity index is 877. The number of piperazine rings is 1. The SMILES string of the molecule is CC(C)Oc1ncnc2ccc(N3CCN(C4CCN(C(C)C)C4=O)CC3)cc12. The number of hydrogen-bond acceptors (Lipinski definition) is 6. The molecule has 3 heterocycles. The molecule has 2 aliphatic heterocycles. The van der Waals surface area contributed by atoms with Crippen molar-refractivity contribution in [3.63, 3.8) is 0 Å². The van der Waals surface area contributed by atoms with Crippen LogP contribution in [0.25, 0.3) is 10.9 Å². The van der Waals surface area contributed by atoms with Gasteiger partial charge in [-0.2, -0.15) is 0 Å². The number of nitrogens with zero attached hydrogens (tertiary/aromatic N) is 5. The lowest BCUT2D eigenvalue weighted by Gasteiger charge is -2.38. The number of carbonyl (C=O) groups is 1. The van der Waals surface area contributed by atoms with Gasteiger partial charge in [0.15, 0.2) is 0 Å². The van der Waals surface area contributed by atoms with Gasteiger partial charge in [0.25, 0.3) is 0 Å². The van der Waals surface area contributed by atoms with Gasteiger partial charge >= 0.3 is 0 Å². The third kappa shape index (κ3) is 4.01. The van der Waals surface area contributed by atoms with Gasteiger partial charge < -0.3 is 14.5 Å². The van der Waals surface area contributed by atoms with E-state index >= 15 is 0 Å². The third-order valence-electron chi connectivity index (χ3n) is 5.88. The molecule has 1 aromatic carbocycles. The Hall–Kier alpha value is -2.41. The van der Waals surface area contributed by atoms with E-state index in [9.17, 15) is 4.79 Å². The molecule has 0 N–H and O–H groups in total. The molecule has 1 aromatic heterocycles. The molecule has 1 unspecified atom stereocenters. The van der Waals surface area contributed by atoms with Crippen molar-refractivity contribution in [3.05, 3.63) is 24.5 Å². The fourth-order valence-corrected chi connectivity index (χ4v) is 4.36. The van der Waals surface area contributed by atoms with Gasteiger partial charge in [0, 0.05) is 44.5 Å². The first kappa shape index (κ1) is 19.9. The Labute approximate surface area is 172 Å². The molecule has 0 radical (unpaired) electrons. The largest absolute Gasteiger partial charge is 0.474 e. The van der Waals surface area contributed by atoms with E-state index in [0.717, 1.165) is 55.7 Å². The van der Waals surface area contributed by atoms with Gasteiger partial charge in [0.1, 0.15) is 6.33 Å². The van der Waals surface area contributed by atoms with Gasteiger partial charge in [-0.25, -0.2) is 9.97 Å². The van der Waals surface area contributed by atoms with E-state index in [4.69, 9.17) is 4.74 Å². The molecule has 1 atom stereocenters. The number of rotatable bonds is 5. The van der Waals surface area contributed by atoms with Gasteiger partial charge in [-0.1, -0.05) is 0 Å². The van der Waals surface area contributed by atoms with Crippen LogP contribution in [0.2, 0.25) is 0 Å². The first-order valence-electron chi connectivity index (χ1n) is 10.6. The van der Waals surface area contributed by atoms with E-state index < -0.39 is 0 Å². The number of hydrogen-bond donors (Lipinski definition) is 0. The van der Waals surface area contributed by atoms with Crippen LogP contribution in [0.15, 0.2) is 24.5 Å². The van der Waals surface area contributed by atoms with Crippen LogP contribution in [0.4, 0.5) is 5.69 Å². The van der Waals surface area contributed by atoms with Crippen LogP contribution in [-0.4, -0.2) is 76.6 Å². The predicted molar refractivity (Wildman–Crippen MR) is 114 cm³/mol. The first-order chi connectivity index (χ1) is 13.9. The van der Waals surface area contributed by atoms with E-state index in [-0.39, 0.29) is 18.2 Å². The number of amides is 1. The predicted octanol–water partition coefficient (Wildman–Crippen LogP) is 2.55. The molecule has 2 aromatic rings. The molecule has 7 heteroatoms. The summed E-state index contributed by atoms with van der Waals surface area (Å²) in [4.78, 5) is 28.2. The zero-order valence-corrected chi connectivity index (χ0v) is 17.8. The third-order valence-corrected chi connectivity index (χ3v) is 5.88.